The highest BCUT2D eigenvalue weighted by Crippen LogP contribution is 2.12. The van der Waals surface area contributed by atoms with E-state index in [9.17, 15) is 4.79 Å². The number of aryl methyl sites for hydroxylation is 1. The Morgan fingerprint density at radius 3 is 2.88 bits per heavy atom. The quantitative estimate of drug-likeness (QED) is 0.875. The number of piperidine rings is 1. The average molecular weight is 298 g/mol. The molecular weight excluding hydrogens is 281 g/mol. The van der Waals surface area contributed by atoms with E-state index in [-0.39, 0.29) is 36.8 Å². The Hall–Kier alpha value is -0.360. The van der Waals surface area contributed by atoms with Gasteiger partial charge in [-0.1, -0.05) is 0 Å². The van der Waals surface area contributed by atoms with Gasteiger partial charge >= 0.3 is 0 Å². The van der Waals surface area contributed by atoms with E-state index >= 15 is 0 Å². The zero-order valence-corrected chi connectivity index (χ0v) is 12.0. The van der Waals surface area contributed by atoms with Gasteiger partial charge in [-0.3, -0.25) is 4.79 Å². The molecule has 1 aromatic heterocycles. The van der Waals surface area contributed by atoms with Gasteiger partial charge in [-0.15, -0.1) is 36.2 Å². The molecule has 17 heavy (non-hydrogen) atoms. The summed E-state index contributed by atoms with van der Waals surface area (Å²) in [6.45, 7) is 3.81. The van der Waals surface area contributed by atoms with Crippen molar-refractivity contribution < 1.29 is 4.79 Å². The molecule has 0 spiro atoms. The second-order valence-corrected chi connectivity index (χ2v) is 4.64. The topological polar surface area (TPSA) is 54.0 Å². The first-order chi connectivity index (χ1) is 7.27. The number of thiazole rings is 1. The summed E-state index contributed by atoms with van der Waals surface area (Å²) in [7, 11) is 0. The molecular formula is C10H17Cl2N3OS. The number of hydrogen-bond donors (Lipinski definition) is 2. The molecule has 1 saturated heterocycles. The first kappa shape index (κ1) is 16.6. The first-order valence-corrected chi connectivity index (χ1v) is 6.07. The molecule has 0 aromatic carbocycles. The van der Waals surface area contributed by atoms with Gasteiger partial charge in [-0.05, 0) is 26.3 Å². The van der Waals surface area contributed by atoms with Gasteiger partial charge in [0.25, 0.3) is 5.91 Å². The maximum Gasteiger partial charge on any atom is 0.263 e. The minimum absolute atomic E-state index is 0. The number of carbonyl (C=O) groups is 1. The summed E-state index contributed by atoms with van der Waals surface area (Å²) in [5, 5.41) is 6.30. The number of amides is 1. The molecule has 1 atom stereocenters. The van der Waals surface area contributed by atoms with Crippen LogP contribution in [0.15, 0.2) is 5.51 Å². The highest BCUT2D eigenvalue weighted by atomic mass is 35.5. The largest absolute Gasteiger partial charge is 0.347 e. The number of aromatic nitrogens is 1. The van der Waals surface area contributed by atoms with E-state index in [0.717, 1.165) is 36.5 Å². The Morgan fingerprint density at radius 1 is 1.59 bits per heavy atom. The average Bonchev–Trinajstić information content (AvgIpc) is 2.66. The lowest BCUT2D eigenvalue weighted by Crippen LogP contribution is -2.45. The van der Waals surface area contributed by atoms with Crippen molar-refractivity contribution in [3.05, 3.63) is 16.1 Å². The van der Waals surface area contributed by atoms with Gasteiger partial charge < -0.3 is 10.6 Å². The van der Waals surface area contributed by atoms with Crippen LogP contribution in [0, 0.1) is 6.92 Å². The summed E-state index contributed by atoms with van der Waals surface area (Å²) in [4.78, 5) is 16.6. The fraction of sp³-hybridized carbons (Fsp3) is 0.600. The Balaban J connectivity index is 0.00000128. The second-order valence-electron chi connectivity index (χ2n) is 3.78. The monoisotopic (exact) mass is 297 g/mol. The third-order valence-electron chi connectivity index (χ3n) is 2.58. The van der Waals surface area contributed by atoms with Crippen LogP contribution < -0.4 is 10.6 Å². The third-order valence-corrected chi connectivity index (χ3v) is 3.51. The number of nitrogens with one attached hydrogen (secondary N) is 2. The van der Waals surface area contributed by atoms with Crippen molar-refractivity contribution in [1.82, 2.24) is 15.6 Å². The van der Waals surface area contributed by atoms with Gasteiger partial charge in [0.15, 0.2) is 0 Å². The molecule has 4 nitrogen and oxygen atoms in total. The molecule has 2 N–H and O–H groups in total. The van der Waals surface area contributed by atoms with Crippen LogP contribution >= 0.6 is 36.2 Å². The van der Waals surface area contributed by atoms with Crippen LogP contribution in [0.2, 0.25) is 0 Å². The zero-order valence-electron chi connectivity index (χ0n) is 9.56. The molecule has 7 heteroatoms. The van der Waals surface area contributed by atoms with Crippen LogP contribution in [-0.4, -0.2) is 30.0 Å². The Labute approximate surface area is 117 Å². The van der Waals surface area contributed by atoms with Crippen molar-refractivity contribution >= 4 is 42.1 Å². The molecule has 0 unspecified atom stereocenters. The van der Waals surface area contributed by atoms with Crippen LogP contribution in [0.25, 0.3) is 0 Å². The van der Waals surface area contributed by atoms with Crippen molar-refractivity contribution in [2.24, 2.45) is 0 Å². The second kappa shape index (κ2) is 7.87. The molecule has 2 rings (SSSR count). The SMILES string of the molecule is Cc1ncsc1C(=O)N[C@@H]1CCCNC1.Cl.Cl. The van der Waals surface area contributed by atoms with Gasteiger partial charge in [0.1, 0.15) is 4.88 Å². The molecule has 1 aliphatic heterocycles. The highest BCUT2D eigenvalue weighted by Gasteiger charge is 2.18. The predicted molar refractivity (Wildman–Crippen MR) is 74.7 cm³/mol. The van der Waals surface area contributed by atoms with Crippen molar-refractivity contribution in [2.45, 2.75) is 25.8 Å². The van der Waals surface area contributed by atoms with Crippen LogP contribution in [0.5, 0.6) is 0 Å². The zero-order chi connectivity index (χ0) is 10.7. The Bertz CT molecular complexity index is 353. The van der Waals surface area contributed by atoms with E-state index in [0.29, 0.717) is 0 Å². The van der Waals surface area contributed by atoms with Gasteiger partial charge in [0, 0.05) is 12.6 Å². The maximum atomic E-state index is 11.8. The fourth-order valence-electron chi connectivity index (χ4n) is 1.75. The summed E-state index contributed by atoms with van der Waals surface area (Å²) in [6, 6.07) is 0.271. The van der Waals surface area contributed by atoms with Crippen molar-refractivity contribution in [3.63, 3.8) is 0 Å². The van der Waals surface area contributed by atoms with Crippen LogP contribution in [-0.2, 0) is 0 Å². The molecule has 0 radical (unpaired) electrons. The molecule has 0 aliphatic carbocycles. The number of hydrogen-bond acceptors (Lipinski definition) is 4. The first-order valence-electron chi connectivity index (χ1n) is 5.19. The summed E-state index contributed by atoms with van der Waals surface area (Å²) in [5.41, 5.74) is 2.53. The predicted octanol–water partition coefficient (Wildman–Crippen LogP) is 1.78. The number of nitrogens with zero attached hydrogens (tertiary/aromatic N) is 1. The van der Waals surface area contributed by atoms with Gasteiger partial charge in [-0.25, -0.2) is 4.98 Å². The summed E-state index contributed by atoms with van der Waals surface area (Å²) in [5.74, 6) is 0.0173. The van der Waals surface area contributed by atoms with E-state index in [1.807, 2.05) is 6.92 Å². The molecule has 98 valence electrons. The van der Waals surface area contributed by atoms with Crippen molar-refractivity contribution in [3.8, 4) is 0 Å². The lowest BCUT2D eigenvalue weighted by Gasteiger charge is -2.23. The summed E-state index contributed by atoms with van der Waals surface area (Å²) >= 11 is 1.40. The lowest BCUT2D eigenvalue weighted by atomic mass is 10.1. The summed E-state index contributed by atoms with van der Waals surface area (Å²) < 4.78 is 0. The molecule has 1 aromatic rings. The molecule has 0 bridgehead atoms. The van der Waals surface area contributed by atoms with Gasteiger partial charge in [0.2, 0.25) is 0 Å². The smallest absolute Gasteiger partial charge is 0.263 e. The van der Waals surface area contributed by atoms with E-state index < -0.39 is 0 Å². The van der Waals surface area contributed by atoms with E-state index in [1.165, 1.54) is 11.3 Å². The van der Waals surface area contributed by atoms with E-state index in [2.05, 4.69) is 15.6 Å². The maximum absolute atomic E-state index is 11.8. The fourth-order valence-corrected chi connectivity index (χ4v) is 2.45. The minimum Gasteiger partial charge on any atom is -0.347 e. The molecule has 1 aliphatic rings. The third kappa shape index (κ3) is 4.43. The van der Waals surface area contributed by atoms with Crippen LogP contribution in [0.3, 0.4) is 0 Å². The van der Waals surface area contributed by atoms with Gasteiger partial charge in [0.05, 0.1) is 11.2 Å². The van der Waals surface area contributed by atoms with E-state index in [1.54, 1.807) is 5.51 Å². The standard InChI is InChI=1S/C10H15N3OS.2ClH/c1-7-9(15-6-12-7)10(14)13-8-3-2-4-11-5-8;;/h6,8,11H,2-5H2,1H3,(H,13,14);2*1H/t8-;;/m1../s1. The summed E-state index contributed by atoms with van der Waals surface area (Å²) in [6.07, 6.45) is 2.20. The van der Waals surface area contributed by atoms with E-state index in [4.69, 9.17) is 0 Å². The molecule has 1 fully saturated rings. The number of halogens is 2. The highest BCUT2D eigenvalue weighted by molar-refractivity contribution is 7.11. The molecule has 1 amide bonds. The van der Waals surface area contributed by atoms with Crippen LogP contribution in [0.4, 0.5) is 0 Å². The number of rotatable bonds is 2. The number of carbonyl (C=O) groups excluding carboxylic acids is 1. The van der Waals surface area contributed by atoms with Gasteiger partial charge in [-0.2, -0.15) is 0 Å². The van der Waals surface area contributed by atoms with Crippen LogP contribution in [0.1, 0.15) is 28.2 Å². The van der Waals surface area contributed by atoms with Crippen molar-refractivity contribution in [1.29, 1.82) is 0 Å². The van der Waals surface area contributed by atoms with Crippen molar-refractivity contribution in [2.75, 3.05) is 13.1 Å². The Kier molecular flexibility index (Phi) is 7.70. The lowest BCUT2D eigenvalue weighted by molar-refractivity contribution is 0.0934. The Morgan fingerprint density at radius 2 is 2.35 bits per heavy atom. The molecule has 2 heterocycles. The molecule has 0 saturated carbocycles. The minimum atomic E-state index is 0. The normalized spacial score (nSPS) is 18.8.